The molecule has 1 saturated carbocycles. The first-order valence-electron chi connectivity index (χ1n) is 7.05. The zero-order valence-electron chi connectivity index (χ0n) is 11.5. The van der Waals surface area contributed by atoms with Crippen LogP contribution in [0.1, 0.15) is 46.0 Å². The molecule has 2 unspecified atom stereocenters. The Morgan fingerprint density at radius 2 is 2.00 bits per heavy atom. The summed E-state index contributed by atoms with van der Waals surface area (Å²) in [5.41, 5.74) is 0. The van der Waals surface area contributed by atoms with E-state index < -0.39 is 0 Å². The van der Waals surface area contributed by atoms with Gasteiger partial charge in [0, 0.05) is 6.54 Å². The normalized spacial score (nSPS) is 23.1. The third-order valence-corrected chi connectivity index (χ3v) is 3.71. The van der Waals surface area contributed by atoms with Crippen LogP contribution in [-0.2, 0) is 0 Å². The Bertz CT molecular complexity index is 416. The Balaban J connectivity index is 2.08. The number of rotatable bonds is 5. The van der Waals surface area contributed by atoms with Crippen molar-refractivity contribution in [1.29, 1.82) is 0 Å². The van der Waals surface area contributed by atoms with E-state index in [1.807, 2.05) is 6.92 Å². The highest BCUT2D eigenvalue weighted by atomic mass is 35.5. The van der Waals surface area contributed by atoms with Crippen molar-refractivity contribution in [2.24, 2.45) is 5.92 Å². The lowest BCUT2D eigenvalue weighted by Crippen LogP contribution is -2.30. The van der Waals surface area contributed by atoms with Crippen LogP contribution in [0.5, 0.6) is 6.01 Å². The van der Waals surface area contributed by atoms with Gasteiger partial charge in [-0.05, 0) is 50.1 Å². The van der Waals surface area contributed by atoms with E-state index in [1.165, 1.54) is 19.3 Å². The number of hydrogen-bond acceptors (Lipinski definition) is 5. The molecule has 1 aliphatic carbocycles. The van der Waals surface area contributed by atoms with Gasteiger partial charge in [0.05, 0.1) is 0 Å². The third-order valence-electron chi connectivity index (χ3n) is 3.54. The van der Waals surface area contributed by atoms with Crippen LogP contribution >= 0.6 is 11.6 Å². The topological polar surface area (TPSA) is 59.9 Å². The Morgan fingerprint density at radius 3 is 2.74 bits per heavy atom. The van der Waals surface area contributed by atoms with Crippen molar-refractivity contribution < 1.29 is 4.74 Å². The van der Waals surface area contributed by atoms with Crippen molar-refractivity contribution >= 4 is 17.5 Å². The molecule has 0 radical (unpaired) electrons. The van der Waals surface area contributed by atoms with Crippen LogP contribution in [0.25, 0.3) is 0 Å². The lowest BCUT2D eigenvalue weighted by atomic mass is 9.85. The second-order valence-electron chi connectivity index (χ2n) is 4.85. The summed E-state index contributed by atoms with van der Waals surface area (Å²) in [5.74, 6) is 1.06. The second kappa shape index (κ2) is 6.89. The summed E-state index contributed by atoms with van der Waals surface area (Å²) in [7, 11) is 0. The van der Waals surface area contributed by atoms with E-state index in [-0.39, 0.29) is 11.4 Å². The highest BCUT2D eigenvalue weighted by Gasteiger charge is 2.26. The van der Waals surface area contributed by atoms with Gasteiger partial charge < -0.3 is 10.1 Å². The number of ether oxygens (including phenoxy) is 1. The quantitative estimate of drug-likeness (QED) is 0.899. The van der Waals surface area contributed by atoms with Gasteiger partial charge in [0.2, 0.25) is 11.2 Å². The SMILES string of the molecule is CCNc1nc(Cl)nc(OC2CCCCC2CC)n1. The number of aromatic nitrogens is 3. The average molecular weight is 285 g/mol. The molecule has 1 N–H and O–H groups in total. The zero-order valence-corrected chi connectivity index (χ0v) is 12.3. The van der Waals surface area contributed by atoms with E-state index in [0.29, 0.717) is 17.9 Å². The maximum absolute atomic E-state index is 5.94. The highest BCUT2D eigenvalue weighted by molar-refractivity contribution is 6.28. The molecule has 0 bridgehead atoms. The molecular formula is C13H21ClN4O. The van der Waals surface area contributed by atoms with Crippen molar-refractivity contribution in [1.82, 2.24) is 15.0 Å². The molecule has 1 fully saturated rings. The smallest absolute Gasteiger partial charge is 0.322 e. The molecular weight excluding hydrogens is 264 g/mol. The standard InChI is InChI=1S/C13H21ClN4O/c1-3-9-7-5-6-8-10(9)19-13-17-11(14)16-12(18-13)15-4-2/h9-10H,3-8H2,1-2H3,(H,15,16,17,18). The van der Waals surface area contributed by atoms with E-state index in [0.717, 1.165) is 19.4 Å². The van der Waals surface area contributed by atoms with Crippen LogP contribution in [0.15, 0.2) is 0 Å². The molecule has 1 aromatic rings. The predicted octanol–water partition coefficient (Wildman–Crippen LogP) is 3.30. The van der Waals surface area contributed by atoms with Gasteiger partial charge in [0.15, 0.2) is 0 Å². The van der Waals surface area contributed by atoms with Crippen LogP contribution in [0, 0.1) is 5.92 Å². The first-order chi connectivity index (χ1) is 9.22. The van der Waals surface area contributed by atoms with Gasteiger partial charge in [-0.1, -0.05) is 13.3 Å². The molecule has 0 aromatic carbocycles. The molecule has 2 atom stereocenters. The minimum Gasteiger partial charge on any atom is -0.460 e. The van der Waals surface area contributed by atoms with Crippen LogP contribution in [-0.4, -0.2) is 27.6 Å². The minimum absolute atomic E-state index is 0.171. The van der Waals surface area contributed by atoms with Crippen LogP contribution < -0.4 is 10.1 Å². The summed E-state index contributed by atoms with van der Waals surface area (Å²) >= 11 is 5.89. The molecule has 0 amide bonds. The molecule has 1 aliphatic rings. The summed E-state index contributed by atoms with van der Waals surface area (Å²) in [6.07, 6.45) is 6.12. The molecule has 2 rings (SSSR count). The number of hydrogen-bond donors (Lipinski definition) is 1. The molecule has 19 heavy (non-hydrogen) atoms. The van der Waals surface area contributed by atoms with E-state index in [2.05, 4.69) is 27.2 Å². The van der Waals surface area contributed by atoms with Gasteiger partial charge in [0.25, 0.3) is 0 Å². The fraction of sp³-hybridized carbons (Fsp3) is 0.769. The van der Waals surface area contributed by atoms with Crippen LogP contribution in [0.2, 0.25) is 5.28 Å². The van der Waals surface area contributed by atoms with Gasteiger partial charge in [-0.3, -0.25) is 0 Å². The van der Waals surface area contributed by atoms with Gasteiger partial charge >= 0.3 is 6.01 Å². The van der Waals surface area contributed by atoms with Crippen molar-refractivity contribution in [2.45, 2.75) is 52.1 Å². The van der Waals surface area contributed by atoms with Gasteiger partial charge in [-0.2, -0.15) is 15.0 Å². The number of anilines is 1. The van der Waals surface area contributed by atoms with Crippen LogP contribution in [0.3, 0.4) is 0 Å². The number of nitrogens with one attached hydrogen (secondary N) is 1. The largest absolute Gasteiger partial charge is 0.460 e. The predicted molar refractivity (Wildman–Crippen MR) is 75.7 cm³/mol. The van der Waals surface area contributed by atoms with Crippen molar-refractivity contribution in [3.05, 3.63) is 5.28 Å². The molecule has 1 heterocycles. The molecule has 5 nitrogen and oxygen atoms in total. The van der Waals surface area contributed by atoms with Crippen molar-refractivity contribution in [2.75, 3.05) is 11.9 Å². The fourth-order valence-corrected chi connectivity index (χ4v) is 2.71. The van der Waals surface area contributed by atoms with Gasteiger partial charge in [-0.25, -0.2) is 0 Å². The van der Waals surface area contributed by atoms with Crippen LogP contribution in [0.4, 0.5) is 5.95 Å². The lowest BCUT2D eigenvalue weighted by Gasteiger charge is -2.30. The van der Waals surface area contributed by atoms with Gasteiger partial charge in [-0.15, -0.1) is 0 Å². The van der Waals surface area contributed by atoms with E-state index in [9.17, 15) is 0 Å². The van der Waals surface area contributed by atoms with E-state index in [4.69, 9.17) is 16.3 Å². The maximum Gasteiger partial charge on any atom is 0.322 e. The highest BCUT2D eigenvalue weighted by Crippen LogP contribution is 2.29. The van der Waals surface area contributed by atoms with E-state index >= 15 is 0 Å². The first-order valence-corrected chi connectivity index (χ1v) is 7.42. The molecule has 106 valence electrons. The Hall–Kier alpha value is -1.10. The Labute approximate surface area is 119 Å². The average Bonchev–Trinajstić information content (AvgIpc) is 2.39. The Morgan fingerprint density at radius 1 is 1.21 bits per heavy atom. The molecule has 0 saturated heterocycles. The van der Waals surface area contributed by atoms with Gasteiger partial charge in [0.1, 0.15) is 6.10 Å². The monoisotopic (exact) mass is 284 g/mol. The lowest BCUT2D eigenvalue weighted by molar-refractivity contribution is 0.0808. The summed E-state index contributed by atoms with van der Waals surface area (Å²) in [5, 5.41) is 3.20. The maximum atomic E-state index is 5.94. The fourth-order valence-electron chi connectivity index (χ4n) is 2.55. The van der Waals surface area contributed by atoms with Crippen molar-refractivity contribution in [3.8, 4) is 6.01 Å². The number of halogens is 1. The zero-order chi connectivity index (χ0) is 13.7. The third kappa shape index (κ3) is 3.93. The molecule has 0 spiro atoms. The summed E-state index contributed by atoms with van der Waals surface area (Å²) in [6.45, 7) is 4.92. The first kappa shape index (κ1) is 14.3. The second-order valence-corrected chi connectivity index (χ2v) is 5.19. The summed E-state index contributed by atoms with van der Waals surface area (Å²) in [4.78, 5) is 12.3. The van der Waals surface area contributed by atoms with E-state index in [1.54, 1.807) is 0 Å². The van der Waals surface area contributed by atoms with Crippen molar-refractivity contribution in [3.63, 3.8) is 0 Å². The number of nitrogens with zero attached hydrogens (tertiary/aromatic N) is 3. The summed E-state index contributed by atoms with van der Waals surface area (Å²) in [6, 6.07) is 0.335. The molecule has 1 aromatic heterocycles. The molecule has 6 heteroatoms. The minimum atomic E-state index is 0.171. The summed E-state index contributed by atoms with van der Waals surface area (Å²) < 4.78 is 5.94. The molecule has 0 aliphatic heterocycles. The Kier molecular flexibility index (Phi) is 5.19.